The van der Waals surface area contributed by atoms with Crippen LogP contribution >= 0.6 is 23.4 Å². The van der Waals surface area contributed by atoms with E-state index in [1.165, 1.54) is 16.4 Å². The SMILES string of the molecule is COc1cc(/C=N\n2c(SC)nnc(C)c2=O)ccc1OCc1cccc(Cl)c1. The van der Waals surface area contributed by atoms with Gasteiger partial charge in [0.2, 0.25) is 5.16 Å². The van der Waals surface area contributed by atoms with Crippen molar-refractivity contribution in [3.8, 4) is 11.5 Å². The summed E-state index contributed by atoms with van der Waals surface area (Å²) in [7, 11) is 1.56. The first-order valence-electron chi connectivity index (χ1n) is 8.61. The van der Waals surface area contributed by atoms with Crippen molar-refractivity contribution in [2.75, 3.05) is 13.4 Å². The summed E-state index contributed by atoms with van der Waals surface area (Å²) in [6.07, 6.45) is 3.37. The van der Waals surface area contributed by atoms with Gasteiger partial charge in [-0.15, -0.1) is 10.2 Å². The molecule has 0 aliphatic heterocycles. The van der Waals surface area contributed by atoms with E-state index in [4.69, 9.17) is 21.1 Å². The van der Waals surface area contributed by atoms with Gasteiger partial charge < -0.3 is 9.47 Å². The Kier molecular flexibility index (Phi) is 6.90. The molecule has 2 aromatic carbocycles. The lowest BCUT2D eigenvalue weighted by Gasteiger charge is -2.11. The molecule has 3 aromatic rings. The van der Waals surface area contributed by atoms with Crippen LogP contribution in [0.2, 0.25) is 5.02 Å². The van der Waals surface area contributed by atoms with Gasteiger partial charge in [0.25, 0.3) is 5.56 Å². The van der Waals surface area contributed by atoms with Gasteiger partial charge in [-0.25, -0.2) is 0 Å². The molecule has 150 valence electrons. The Labute approximate surface area is 177 Å². The molecule has 7 nitrogen and oxygen atoms in total. The Morgan fingerprint density at radius 2 is 2.03 bits per heavy atom. The molecule has 0 bridgehead atoms. The van der Waals surface area contributed by atoms with Gasteiger partial charge in [0, 0.05) is 5.02 Å². The first-order valence-corrected chi connectivity index (χ1v) is 10.2. The molecule has 0 aliphatic rings. The van der Waals surface area contributed by atoms with Crippen LogP contribution in [-0.4, -0.2) is 34.5 Å². The molecule has 0 amide bonds. The largest absolute Gasteiger partial charge is 0.493 e. The predicted octanol–water partition coefficient (Wildman–Crippen LogP) is 3.79. The van der Waals surface area contributed by atoms with Crippen LogP contribution in [-0.2, 0) is 6.61 Å². The van der Waals surface area contributed by atoms with E-state index in [1.807, 2.05) is 30.3 Å². The van der Waals surface area contributed by atoms with Crippen molar-refractivity contribution in [3.05, 3.63) is 74.7 Å². The Balaban J connectivity index is 1.81. The van der Waals surface area contributed by atoms with Crippen molar-refractivity contribution in [3.63, 3.8) is 0 Å². The summed E-state index contributed by atoms with van der Waals surface area (Å²) in [6, 6.07) is 12.9. The van der Waals surface area contributed by atoms with Gasteiger partial charge >= 0.3 is 0 Å². The third kappa shape index (κ3) is 5.16. The molecule has 0 atom stereocenters. The highest BCUT2D eigenvalue weighted by Gasteiger charge is 2.09. The first kappa shape index (κ1) is 20.9. The van der Waals surface area contributed by atoms with Crippen LogP contribution in [0.3, 0.4) is 0 Å². The molecule has 0 saturated heterocycles. The number of aryl methyl sites for hydroxylation is 1. The van der Waals surface area contributed by atoms with Gasteiger partial charge in [0.1, 0.15) is 12.3 Å². The van der Waals surface area contributed by atoms with Gasteiger partial charge in [-0.1, -0.05) is 35.5 Å². The van der Waals surface area contributed by atoms with E-state index >= 15 is 0 Å². The van der Waals surface area contributed by atoms with Crippen LogP contribution in [0.25, 0.3) is 0 Å². The number of methoxy groups -OCH3 is 1. The fraction of sp³-hybridized carbons (Fsp3) is 0.200. The molecule has 1 heterocycles. The second kappa shape index (κ2) is 9.58. The number of ether oxygens (including phenoxy) is 2. The number of halogens is 1. The van der Waals surface area contributed by atoms with E-state index in [2.05, 4.69) is 15.3 Å². The third-order valence-electron chi connectivity index (χ3n) is 3.94. The van der Waals surface area contributed by atoms with E-state index < -0.39 is 0 Å². The molecule has 29 heavy (non-hydrogen) atoms. The highest BCUT2D eigenvalue weighted by atomic mass is 35.5. The molecule has 3 rings (SSSR count). The van der Waals surface area contributed by atoms with E-state index in [9.17, 15) is 4.79 Å². The average molecular weight is 431 g/mol. The summed E-state index contributed by atoms with van der Waals surface area (Å²) in [5, 5.41) is 13.1. The van der Waals surface area contributed by atoms with Crippen molar-refractivity contribution in [1.29, 1.82) is 0 Å². The topological polar surface area (TPSA) is 78.6 Å². The average Bonchev–Trinajstić information content (AvgIpc) is 2.73. The molecule has 0 radical (unpaired) electrons. The summed E-state index contributed by atoms with van der Waals surface area (Å²) in [5.41, 5.74) is 1.66. The molecule has 0 fully saturated rings. The van der Waals surface area contributed by atoms with Crippen molar-refractivity contribution in [2.24, 2.45) is 5.10 Å². The quantitative estimate of drug-likeness (QED) is 0.419. The minimum atomic E-state index is -0.311. The molecule has 0 aliphatic carbocycles. The molecule has 0 unspecified atom stereocenters. The van der Waals surface area contributed by atoms with Crippen molar-refractivity contribution in [2.45, 2.75) is 18.7 Å². The number of rotatable bonds is 7. The van der Waals surface area contributed by atoms with Gasteiger partial charge in [-0.2, -0.15) is 9.78 Å². The van der Waals surface area contributed by atoms with Crippen LogP contribution in [0.15, 0.2) is 57.5 Å². The zero-order chi connectivity index (χ0) is 20.8. The summed E-state index contributed by atoms with van der Waals surface area (Å²) in [4.78, 5) is 12.3. The maximum absolute atomic E-state index is 12.3. The Morgan fingerprint density at radius 3 is 2.76 bits per heavy atom. The third-order valence-corrected chi connectivity index (χ3v) is 4.80. The van der Waals surface area contributed by atoms with E-state index in [1.54, 1.807) is 38.6 Å². The minimum absolute atomic E-state index is 0.280. The number of benzene rings is 2. The normalized spacial score (nSPS) is 11.0. The van der Waals surface area contributed by atoms with E-state index in [0.29, 0.717) is 28.3 Å². The van der Waals surface area contributed by atoms with Gasteiger partial charge in [-0.3, -0.25) is 4.79 Å². The summed E-state index contributed by atoms with van der Waals surface area (Å²) >= 11 is 7.30. The number of thioether (sulfide) groups is 1. The number of nitrogens with zero attached hydrogens (tertiary/aromatic N) is 4. The molecular formula is C20H19ClN4O3S. The number of aromatic nitrogens is 3. The zero-order valence-electron chi connectivity index (χ0n) is 16.1. The Hall–Kier alpha value is -2.84. The van der Waals surface area contributed by atoms with Crippen LogP contribution < -0.4 is 15.0 Å². The van der Waals surface area contributed by atoms with Crippen LogP contribution in [0.1, 0.15) is 16.8 Å². The lowest BCUT2D eigenvalue weighted by Crippen LogP contribution is -2.23. The molecule has 9 heteroatoms. The molecular weight excluding hydrogens is 412 g/mol. The smallest absolute Gasteiger partial charge is 0.296 e. The van der Waals surface area contributed by atoms with Crippen molar-refractivity contribution in [1.82, 2.24) is 14.9 Å². The fourth-order valence-corrected chi connectivity index (χ4v) is 3.11. The lowest BCUT2D eigenvalue weighted by molar-refractivity contribution is 0.284. The molecule has 0 saturated carbocycles. The second-order valence-corrected chi connectivity index (χ2v) is 7.17. The zero-order valence-corrected chi connectivity index (χ0v) is 17.7. The molecule has 0 N–H and O–H groups in total. The summed E-state index contributed by atoms with van der Waals surface area (Å²) in [6.45, 7) is 1.96. The lowest BCUT2D eigenvalue weighted by atomic mass is 10.2. The standard InChI is InChI=1S/C20H19ClN4O3S/c1-13-19(26)25(20(29-3)24-23-13)22-11-14-7-8-17(18(10-14)27-2)28-12-15-5-4-6-16(21)9-15/h4-11H,12H2,1-3H3/b22-11-. The van der Waals surface area contributed by atoms with Crippen molar-refractivity contribution >= 4 is 29.6 Å². The first-order chi connectivity index (χ1) is 14.0. The maximum atomic E-state index is 12.3. The highest BCUT2D eigenvalue weighted by molar-refractivity contribution is 7.98. The second-order valence-electron chi connectivity index (χ2n) is 5.96. The fourth-order valence-electron chi connectivity index (χ4n) is 2.47. The number of hydrogen-bond acceptors (Lipinski definition) is 7. The van der Waals surface area contributed by atoms with Gasteiger partial charge in [0.15, 0.2) is 11.5 Å². The highest BCUT2D eigenvalue weighted by Crippen LogP contribution is 2.28. The van der Waals surface area contributed by atoms with Crippen LogP contribution in [0, 0.1) is 6.92 Å². The van der Waals surface area contributed by atoms with E-state index in [0.717, 1.165) is 11.1 Å². The predicted molar refractivity (Wildman–Crippen MR) is 115 cm³/mol. The summed E-state index contributed by atoms with van der Waals surface area (Å²) < 4.78 is 12.5. The molecule has 0 spiro atoms. The van der Waals surface area contributed by atoms with Crippen molar-refractivity contribution < 1.29 is 9.47 Å². The maximum Gasteiger partial charge on any atom is 0.296 e. The number of hydrogen-bond donors (Lipinski definition) is 0. The summed E-state index contributed by atoms with van der Waals surface area (Å²) in [5.74, 6) is 1.14. The van der Waals surface area contributed by atoms with Crippen LogP contribution in [0.5, 0.6) is 11.5 Å². The minimum Gasteiger partial charge on any atom is -0.493 e. The monoisotopic (exact) mass is 430 g/mol. The van der Waals surface area contributed by atoms with E-state index in [-0.39, 0.29) is 11.3 Å². The van der Waals surface area contributed by atoms with Gasteiger partial charge in [-0.05, 0) is 54.6 Å². The van der Waals surface area contributed by atoms with Crippen LogP contribution in [0.4, 0.5) is 0 Å². The molecule has 1 aromatic heterocycles. The van der Waals surface area contributed by atoms with Gasteiger partial charge in [0.05, 0.1) is 13.3 Å². The Morgan fingerprint density at radius 1 is 1.21 bits per heavy atom. The Bertz CT molecular complexity index is 1100.